The van der Waals surface area contributed by atoms with E-state index in [9.17, 15) is 0 Å². The van der Waals surface area contributed by atoms with Gasteiger partial charge in [-0.15, -0.1) is 0 Å². The molecule has 1 saturated heterocycles. The lowest BCUT2D eigenvalue weighted by atomic mass is 9.99. The van der Waals surface area contributed by atoms with Crippen LogP contribution in [0.25, 0.3) is 0 Å². The molecule has 0 N–H and O–H groups in total. The molecule has 0 amide bonds. The molecule has 0 spiro atoms. The van der Waals surface area contributed by atoms with Crippen LogP contribution < -0.4 is 0 Å². The molecule has 1 heterocycles. The smallest absolute Gasteiger partial charge is 0.268 e. The van der Waals surface area contributed by atoms with Crippen molar-refractivity contribution in [3.05, 3.63) is 0 Å². The molecule has 0 radical (unpaired) electrons. The lowest BCUT2D eigenvalue weighted by Gasteiger charge is -2.19. The van der Waals surface area contributed by atoms with Crippen molar-refractivity contribution >= 4 is 18.2 Å². The fourth-order valence-corrected chi connectivity index (χ4v) is 0.804. The van der Waals surface area contributed by atoms with E-state index in [2.05, 4.69) is 0 Å². The minimum absolute atomic E-state index is 0.130. The Morgan fingerprint density at radius 3 is 2.75 bits per heavy atom. The Hall–Kier alpha value is 0.275. The van der Waals surface area contributed by atoms with Gasteiger partial charge in [0.2, 0.25) is 0 Å². The molecule has 0 aliphatic carbocycles. The first-order chi connectivity index (χ1) is 3.93. The Bertz CT molecular complexity index is 65.1. The zero-order valence-electron chi connectivity index (χ0n) is 4.60. The van der Waals surface area contributed by atoms with Gasteiger partial charge in [-0.3, -0.25) is 0 Å². The summed E-state index contributed by atoms with van der Waals surface area (Å²) in [4.78, 5) is 0. The quantitative estimate of drug-likeness (QED) is 0.468. The average molecular weight is 134 g/mol. The summed E-state index contributed by atoms with van der Waals surface area (Å²) in [7, 11) is 0. The second-order valence-corrected chi connectivity index (χ2v) is 2.03. The highest BCUT2D eigenvalue weighted by molar-refractivity contribution is 6.94. The van der Waals surface area contributed by atoms with Crippen LogP contribution >= 0.6 is 11.5 Å². The van der Waals surface area contributed by atoms with Crippen molar-refractivity contribution in [2.45, 2.75) is 6.00 Å². The molecule has 4 heteroatoms. The molecule has 2 nitrogen and oxygen atoms in total. The normalized spacial score (nSPS) is 29.9. The fourth-order valence-electron chi connectivity index (χ4n) is 0.626. The van der Waals surface area contributed by atoms with Crippen LogP contribution in [0.5, 0.6) is 0 Å². The molecular formula is C4H8BClO2. The average Bonchev–Trinajstić information content (AvgIpc) is 1.90. The molecule has 0 aromatic heterocycles. The number of hydrogen-bond acceptors (Lipinski definition) is 2. The third kappa shape index (κ3) is 1.65. The van der Waals surface area contributed by atoms with Crippen LogP contribution in [0, 0.1) is 0 Å². The Morgan fingerprint density at radius 2 is 2.38 bits per heavy atom. The van der Waals surface area contributed by atoms with Crippen LogP contribution in [-0.2, 0) is 9.47 Å². The lowest BCUT2D eigenvalue weighted by Crippen LogP contribution is -2.31. The third-order valence-electron chi connectivity index (χ3n) is 1.06. The van der Waals surface area contributed by atoms with Crippen LogP contribution in [0.15, 0.2) is 0 Å². The summed E-state index contributed by atoms with van der Waals surface area (Å²) >= 11 is 5.48. The molecule has 0 aromatic carbocycles. The molecule has 1 aliphatic heterocycles. The van der Waals surface area contributed by atoms with Crippen LogP contribution in [0.3, 0.4) is 0 Å². The molecule has 46 valence electrons. The van der Waals surface area contributed by atoms with Gasteiger partial charge < -0.3 is 9.47 Å². The zero-order valence-corrected chi connectivity index (χ0v) is 5.36. The van der Waals surface area contributed by atoms with Gasteiger partial charge in [0.1, 0.15) is 0 Å². The molecular weight excluding hydrogens is 126 g/mol. The summed E-state index contributed by atoms with van der Waals surface area (Å²) < 4.78 is 10.2. The van der Waals surface area contributed by atoms with Crippen molar-refractivity contribution in [3.8, 4) is 0 Å². The Labute approximate surface area is 54.3 Å². The minimum atomic E-state index is 0.130. The molecule has 1 fully saturated rings. The van der Waals surface area contributed by atoms with Gasteiger partial charge in [0, 0.05) is 0 Å². The standard InChI is InChI=1S/C4H8BClO2/c6-5-4-3-7-1-2-8-4/h4-5H,1-3H2. The molecule has 1 atom stereocenters. The van der Waals surface area contributed by atoms with Crippen LogP contribution in [0.2, 0.25) is 0 Å². The molecule has 0 saturated carbocycles. The van der Waals surface area contributed by atoms with Crippen molar-refractivity contribution in [2.24, 2.45) is 0 Å². The molecule has 1 aliphatic rings. The molecule has 1 unspecified atom stereocenters. The molecule has 0 bridgehead atoms. The highest BCUT2D eigenvalue weighted by atomic mass is 35.5. The second kappa shape index (κ2) is 3.33. The Morgan fingerprint density at radius 1 is 1.50 bits per heavy atom. The summed E-state index contributed by atoms with van der Waals surface area (Å²) in [5.74, 6) is 0. The van der Waals surface area contributed by atoms with E-state index in [-0.39, 0.29) is 6.00 Å². The maximum Gasteiger partial charge on any atom is 0.268 e. The van der Waals surface area contributed by atoms with Crippen LogP contribution in [-0.4, -0.2) is 32.5 Å². The Balaban J connectivity index is 2.13. The van der Waals surface area contributed by atoms with Gasteiger partial charge >= 0.3 is 0 Å². The van der Waals surface area contributed by atoms with E-state index in [1.165, 1.54) is 0 Å². The van der Waals surface area contributed by atoms with Gasteiger partial charge in [-0.2, -0.15) is 11.5 Å². The van der Waals surface area contributed by atoms with E-state index in [0.717, 1.165) is 0 Å². The van der Waals surface area contributed by atoms with Gasteiger partial charge in [0.15, 0.2) is 0 Å². The number of halogens is 1. The Kier molecular flexibility index (Phi) is 2.66. The van der Waals surface area contributed by atoms with Crippen molar-refractivity contribution in [1.82, 2.24) is 0 Å². The number of ether oxygens (including phenoxy) is 2. The van der Waals surface area contributed by atoms with Gasteiger partial charge in [0.25, 0.3) is 6.69 Å². The van der Waals surface area contributed by atoms with E-state index >= 15 is 0 Å². The second-order valence-electron chi connectivity index (χ2n) is 1.72. The van der Waals surface area contributed by atoms with Gasteiger partial charge in [-0.25, -0.2) is 0 Å². The van der Waals surface area contributed by atoms with Gasteiger partial charge in [-0.05, 0) is 0 Å². The summed E-state index contributed by atoms with van der Waals surface area (Å²) in [6, 6.07) is 0.130. The maximum absolute atomic E-state index is 5.48. The van der Waals surface area contributed by atoms with Crippen LogP contribution in [0.1, 0.15) is 0 Å². The summed E-state index contributed by atoms with van der Waals surface area (Å²) in [6.07, 6.45) is 0. The summed E-state index contributed by atoms with van der Waals surface area (Å²) in [5, 5.41) is 0. The first kappa shape index (κ1) is 6.40. The first-order valence-corrected chi connectivity index (χ1v) is 3.22. The monoisotopic (exact) mass is 134 g/mol. The van der Waals surface area contributed by atoms with E-state index < -0.39 is 0 Å². The van der Waals surface area contributed by atoms with Crippen molar-refractivity contribution in [3.63, 3.8) is 0 Å². The highest BCUT2D eigenvalue weighted by Crippen LogP contribution is 1.99. The van der Waals surface area contributed by atoms with Gasteiger partial charge in [0.05, 0.1) is 25.8 Å². The molecule has 8 heavy (non-hydrogen) atoms. The first-order valence-electron chi connectivity index (χ1n) is 2.69. The topological polar surface area (TPSA) is 18.5 Å². The zero-order chi connectivity index (χ0) is 5.82. The largest absolute Gasteiger partial charge is 0.380 e. The summed E-state index contributed by atoms with van der Waals surface area (Å²) in [5.41, 5.74) is 0. The third-order valence-corrected chi connectivity index (χ3v) is 1.40. The minimum Gasteiger partial charge on any atom is -0.380 e. The van der Waals surface area contributed by atoms with Crippen molar-refractivity contribution in [2.75, 3.05) is 19.8 Å². The SMILES string of the molecule is ClBC1COCCO1. The predicted octanol–water partition coefficient (Wildman–Crippen LogP) is -0.0504. The lowest BCUT2D eigenvalue weighted by molar-refractivity contribution is -0.0541. The highest BCUT2D eigenvalue weighted by Gasteiger charge is 2.13. The van der Waals surface area contributed by atoms with Crippen LogP contribution in [0.4, 0.5) is 0 Å². The number of hydrogen-bond donors (Lipinski definition) is 0. The maximum atomic E-state index is 5.48. The van der Waals surface area contributed by atoms with Crippen molar-refractivity contribution in [1.29, 1.82) is 0 Å². The number of rotatable bonds is 1. The van der Waals surface area contributed by atoms with E-state index in [4.69, 9.17) is 20.9 Å². The van der Waals surface area contributed by atoms with E-state index in [0.29, 0.717) is 26.5 Å². The molecule has 0 aromatic rings. The van der Waals surface area contributed by atoms with Crippen molar-refractivity contribution < 1.29 is 9.47 Å². The van der Waals surface area contributed by atoms with Gasteiger partial charge in [-0.1, -0.05) is 0 Å². The van der Waals surface area contributed by atoms with E-state index in [1.54, 1.807) is 0 Å². The van der Waals surface area contributed by atoms with E-state index in [1.807, 2.05) is 0 Å². The fraction of sp³-hybridized carbons (Fsp3) is 1.00. The summed E-state index contributed by atoms with van der Waals surface area (Å²) in [6.45, 7) is 2.61. The predicted molar refractivity (Wildman–Crippen MR) is 33.6 cm³/mol. The molecule has 1 rings (SSSR count).